The number of carbonyl (C=O) groups is 1. The quantitative estimate of drug-likeness (QED) is 0.590. The number of aliphatic carboxylic acids is 1. The summed E-state index contributed by atoms with van der Waals surface area (Å²) in [5.74, 6) is -0.946. The Labute approximate surface area is 66.4 Å². The summed E-state index contributed by atoms with van der Waals surface area (Å²) in [6.45, 7) is 1.89. The molecular weight excluding hydrogens is 144 g/mol. The highest BCUT2D eigenvalue weighted by molar-refractivity contribution is 5.67. The molecule has 0 aromatic rings. The molecule has 0 heterocycles. The second-order valence-electron chi connectivity index (χ2n) is 2.40. The van der Waals surface area contributed by atoms with Crippen LogP contribution in [0, 0.1) is 0 Å². The van der Waals surface area contributed by atoms with Crippen molar-refractivity contribution in [2.45, 2.75) is 32.3 Å². The largest absolute Gasteiger partial charge is 0.481 e. The first-order chi connectivity index (χ1) is 5.16. The van der Waals surface area contributed by atoms with Gasteiger partial charge in [0.05, 0.1) is 12.5 Å². The summed E-state index contributed by atoms with van der Waals surface area (Å²) in [5, 5.41) is 17.3. The molecule has 0 aliphatic rings. The molecule has 0 radical (unpaired) electrons. The third-order valence-corrected chi connectivity index (χ3v) is 1.31. The van der Waals surface area contributed by atoms with Crippen molar-refractivity contribution in [2.24, 2.45) is 0 Å². The highest BCUT2D eigenvalue weighted by atomic mass is 16.4. The Morgan fingerprint density at radius 2 is 2.27 bits per heavy atom. The average molecular weight is 158 g/mol. The van der Waals surface area contributed by atoms with E-state index in [2.05, 4.69) is 0 Å². The Kier molecular flexibility index (Phi) is 5.47. The Hall–Kier alpha value is -0.830. The van der Waals surface area contributed by atoms with Crippen molar-refractivity contribution in [1.29, 1.82) is 0 Å². The summed E-state index contributed by atoms with van der Waals surface area (Å²) in [7, 11) is 0. The van der Waals surface area contributed by atoms with Crippen molar-refractivity contribution in [3.05, 3.63) is 12.2 Å². The zero-order chi connectivity index (χ0) is 8.69. The molecule has 0 aromatic heterocycles. The van der Waals surface area contributed by atoms with Crippen molar-refractivity contribution >= 4 is 5.97 Å². The van der Waals surface area contributed by atoms with E-state index in [9.17, 15) is 4.79 Å². The maximum Gasteiger partial charge on any atom is 0.305 e. The van der Waals surface area contributed by atoms with Crippen LogP contribution in [0.5, 0.6) is 0 Å². The second-order valence-corrected chi connectivity index (χ2v) is 2.40. The number of carboxylic acid groups (broad SMARTS) is 1. The molecule has 3 nitrogen and oxygen atoms in total. The summed E-state index contributed by atoms with van der Waals surface area (Å²) in [4.78, 5) is 10.1. The van der Waals surface area contributed by atoms with Gasteiger partial charge in [-0.25, -0.2) is 0 Å². The van der Waals surface area contributed by atoms with Crippen LogP contribution >= 0.6 is 0 Å². The third kappa shape index (κ3) is 7.06. The summed E-state index contributed by atoms with van der Waals surface area (Å²) in [6.07, 6.45) is 4.20. The van der Waals surface area contributed by atoms with Gasteiger partial charge in [0.25, 0.3) is 0 Å². The van der Waals surface area contributed by atoms with Gasteiger partial charge in [-0.2, -0.15) is 0 Å². The van der Waals surface area contributed by atoms with E-state index in [0.717, 1.165) is 6.42 Å². The van der Waals surface area contributed by atoms with Gasteiger partial charge in [-0.05, 0) is 19.8 Å². The molecule has 0 rings (SSSR count). The SMILES string of the molecule is C/C=C/CCC(O)CC(=O)O. The van der Waals surface area contributed by atoms with E-state index in [0.29, 0.717) is 6.42 Å². The van der Waals surface area contributed by atoms with Crippen LogP contribution in [-0.2, 0) is 4.79 Å². The Morgan fingerprint density at radius 1 is 1.64 bits per heavy atom. The van der Waals surface area contributed by atoms with Gasteiger partial charge in [-0.15, -0.1) is 0 Å². The van der Waals surface area contributed by atoms with Gasteiger partial charge in [-0.1, -0.05) is 12.2 Å². The van der Waals surface area contributed by atoms with Gasteiger partial charge in [0.15, 0.2) is 0 Å². The highest BCUT2D eigenvalue weighted by Gasteiger charge is 2.07. The molecule has 11 heavy (non-hydrogen) atoms. The van der Waals surface area contributed by atoms with E-state index in [1.807, 2.05) is 19.1 Å². The highest BCUT2D eigenvalue weighted by Crippen LogP contribution is 2.01. The molecule has 0 aliphatic heterocycles. The molecule has 0 spiro atoms. The predicted octanol–water partition coefficient (Wildman–Crippen LogP) is 1.18. The number of hydrogen-bond acceptors (Lipinski definition) is 2. The van der Waals surface area contributed by atoms with E-state index >= 15 is 0 Å². The van der Waals surface area contributed by atoms with Crippen LogP contribution in [0.25, 0.3) is 0 Å². The summed E-state index contributed by atoms with van der Waals surface area (Å²) in [5.41, 5.74) is 0. The summed E-state index contributed by atoms with van der Waals surface area (Å²) in [6, 6.07) is 0. The van der Waals surface area contributed by atoms with Crippen LogP contribution in [-0.4, -0.2) is 22.3 Å². The van der Waals surface area contributed by atoms with Crippen LogP contribution < -0.4 is 0 Å². The number of carboxylic acids is 1. The Bertz CT molecular complexity index is 140. The zero-order valence-corrected chi connectivity index (χ0v) is 6.66. The normalized spacial score (nSPS) is 13.6. The van der Waals surface area contributed by atoms with Crippen LogP contribution in [0.2, 0.25) is 0 Å². The van der Waals surface area contributed by atoms with Gasteiger partial charge in [0.1, 0.15) is 0 Å². The third-order valence-electron chi connectivity index (χ3n) is 1.31. The lowest BCUT2D eigenvalue weighted by Gasteiger charge is -2.03. The lowest BCUT2D eigenvalue weighted by molar-refractivity contribution is -0.139. The van der Waals surface area contributed by atoms with Gasteiger partial charge < -0.3 is 10.2 Å². The lowest BCUT2D eigenvalue weighted by atomic mass is 10.1. The number of aliphatic hydroxyl groups excluding tert-OH is 1. The number of aliphatic hydroxyl groups is 1. The first-order valence-electron chi connectivity index (χ1n) is 3.67. The van der Waals surface area contributed by atoms with Gasteiger partial charge in [-0.3, -0.25) is 4.79 Å². The standard InChI is InChI=1S/C8H14O3/c1-2-3-4-5-7(9)6-8(10)11/h2-3,7,9H,4-6H2,1H3,(H,10,11)/b3-2+. The van der Waals surface area contributed by atoms with E-state index in [1.165, 1.54) is 0 Å². The molecule has 0 saturated carbocycles. The summed E-state index contributed by atoms with van der Waals surface area (Å²) < 4.78 is 0. The fourth-order valence-corrected chi connectivity index (χ4v) is 0.759. The molecule has 0 aromatic carbocycles. The number of rotatable bonds is 5. The van der Waals surface area contributed by atoms with E-state index in [1.54, 1.807) is 0 Å². The van der Waals surface area contributed by atoms with E-state index < -0.39 is 12.1 Å². The van der Waals surface area contributed by atoms with E-state index in [-0.39, 0.29) is 6.42 Å². The molecule has 64 valence electrons. The Balaban J connectivity index is 3.36. The maximum absolute atomic E-state index is 10.1. The topological polar surface area (TPSA) is 57.5 Å². The average Bonchev–Trinajstić information content (AvgIpc) is 1.86. The molecule has 2 N–H and O–H groups in total. The van der Waals surface area contributed by atoms with Crippen molar-refractivity contribution in [1.82, 2.24) is 0 Å². The molecule has 1 unspecified atom stereocenters. The van der Waals surface area contributed by atoms with Crippen LogP contribution in [0.4, 0.5) is 0 Å². The maximum atomic E-state index is 10.1. The molecule has 0 amide bonds. The van der Waals surface area contributed by atoms with Crippen LogP contribution in [0.15, 0.2) is 12.2 Å². The molecular formula is C8H14O3. The van der Waals surface area contributed by atoms with Crippen LogP contribution in [0.3, 0.4) is 0 Å². The predicted molar refractivity (Wildman–Crippen MR) is 42.3 cm³/mol. The first kappa shape index (κ1) is 10.2. The minimum Gasteiger partial charge on any atom is -0.481 e. The Morgan fingerprint density at radius 3 is 2.73 bits per heavy atom. The van der Waals surface area contributed by atoms with Gasteiger partial charge in [0, 0.05) is 0 Å². The van der Waals surface area contributed by atoms with Crippen molar-refractivity contribution in [3.8, 4) is 0 Å². The van der Waals surface area contributed by atoms with Crippen molar-refractivity contribution in [2.75, 3.05) is 0 Å². The molecule has 3 heteroatoms. The van der Waals surface area contributed by atoms with Gasteiger partial charge >= 0.3 is 5.97 Å². The first-order valence-corrected chi connectivity index (χ1v) is 3.67. The fraction of sp³-hybridized carbons (Fsp3) is 0.625. The molecule has 0 fully saturated rings. The monoisotopic (exact) mass is 158 g/mol. The zero-order valence-electron chi connectivity index (χ0n) is 6.66. The number of hydrogen-bond donors (Lipinski definition) is 2. The molecule has 0 saturated heterocycles. The lowest BCUT2D eigenvalue weighted by Crippen LogP contribution is -2.11. The van der Waals surface area contributed by atoms with Crippen molar-refractivity contribution < 1.29 is 15.0 Å². The minimum atomic E-state index is -0.946. The molecule has 0 aliphatic carbocycles. The van der Waals surface area contributed by atoms with Gasteiger partial charge in [0.2, 0.25) is 0 Å². The molecule has 0 bridgehead atoms. The number of allylic oxidation sites excluding steroid dienone is 2. The smallest absolute Gasteiger partial charge is 0.305 e. The fourth-order valence-electron chi connectivity index (χ4n) is 0.759. The molecule has 1 atom stereocenters. The summed E-state index contributed by atoms with van der Waals surface area (Å²) >= 11 is 0. The minimum absolute atomic E-state index is 0.155. The van der Waals surface area contributed by atoms with E-state index in [4.69, 9.17) is 10.2 Å². The van der Waals surface area contributed by atoms with Crippen LogP contribution in [0.1, 0.15) is 26.2 Å². The second kappa shape index (κ2) is 5.92. The van der Waals surface area contributed by atoms with Crippen molar-refractivity contribution in [3.63, 3.8) is 0 Å².